The van der Waals surface area contributed by atoms with Gasteiger partial charge in [0.25, 0.3) is 0 Å². The zero-order chi connectivity index (χ0) is 30.4. The van der Waals surface area contributed by atoms with Gasteiger partial charge in [-0.3, -0.25) is 4.79 Å². The number of nitrogens with zero attached hydrogens (tertiary/aromatic N) is 1. The number of aliphatic hydroxyl groups is 1. The number of thiazole rings is 1. The van der Waals surface area contributed by atoms with Crippen molar-refractivity contribution in [1.82, 2.24) is 4.98 Å². The smallest absolute Gasteiger partial charge is 0.230 e. The molecule has 0 saturated carbocycles. The third-order valence-corrected chi connectivity index (χ3v) is 4.37. The first-order valence-corrected chi connectivity index (χ1v) is 9.51. The van der Waals surface area contributed by atoms with E-state index in [0.717, 1.165) is 0 Å². The van der Waals surface area contributed by atoms with Gasteiger partial charge in [0.1, 0.15) is 0 Å². The van der Waals surface area contributed by atoms with E-state index in [-0.39, 0.29) is 23.2 Å². The molecule has 0 unspecified atom stereocenters. The van der Waals surface area contributed by atoms with Crippen molar-refractivity contribution in [3.63, 3.8) is 0 Å². The Bertz CT molecular complexity index is 1400. The SMILES string of the molecule is [2H]c1c([2H])c([C@@]([2H])(O)C([2H])([2H])CC([2H])([2H])C([2H])([2H])c2ccc(NC(=O)Cc3csc(N)n3)cc2)c([2H])c([2H])c1C. The molecule has 1 atom stereocenters. The fourth-order valence-electron chi connectivity index (χ4n) is 2.27. The van der Waals surface area contributed by atoms with Gasteiger partial charge in [0, 0.05) is 19.3 Å². The van der Waals surface area contributed by atoms with E-state index >= 15 is 0 Å². The lowest BCUT2D eigenvalue weighted by molar-refractivity contribution is -0.115. The van der Waals surface area contributed by atoms with E-state index in [1.54, 1.807) is 5.38 Å². The number of hydrogen-bond acceptors (Lipinski definition) is 5. The van der Waals surface area contributed by atoms with Crippen molar-refractivity contribution in [1.29, 1.82) is 0 Å². The number of nitrogens with two attached hydrogens (primary N) is 1. The lowest BCUT2D eigenvalue weighted by atomic mass is 10.0. The number of nitrogens with one attached hydrogen (secondary N) is 1. The molecule has 0 spiro atoms. The molecule has 1 heterocycles. The predicted molar refractivity (Wildman–Crippen MR) is 119 cm³/mol. The van der Waals surface area contributed by atoms with Gasteiger partial charge in [-0.2, -0.15) is 0 Å². The molecular formula is C23H27N3O2S. The number of carbonyl (C=O) groups excluding carboxylic acids is 1. The van der Waals surface area contributed by atoms with Gasteiger partial charge in [0.15, 0.2) is 5.13 Å². The van der Waals surface area contributed by atoms with Crippen LogP contribution >= 0.6 is 11.3 Å². The van der Waals surface area contributed by atoms with Gasteiger partial charge in [-0.25, -0.2) is 4.98 Å². The lowest BCUT2D eigenvalue weighted by Gasteiger charge is -2.11. The minimum atomic E-state index is -3.46. The van der Waals surface area contributed by atoms with Gasteiger partial charge in [-0.05, 0) is 49.3 Å². The second kappa shape index (κ2) is 10.2. The molecule has 0 radical (unpaired) electrons. The molecule has 3 aromatic rings. The van der Waals surface area contributed by atoms with E-state index in [2.05, 4.69) is 10.3 Å². The maximum absolute atomic E-state index is 12.3. The molecule has 0 aliphatic rings. The number of hydrogen-bond donors (Lipinski definition) is 3. The molecule has 5 nitrogen and oxygen atoms in total. The largest absolute Gasteiger partial charge is 0.388 e. The van der Waals surface area contributed by atoms with E-state index in [0.29, 0.717) is 10.8 Å². The quantitative estimate of drug-likeness (QED) is 0.470. The summed E-state index contributed by atoms with van der Waals surface area (Å²) in [4.78, 5) is 16.3. The van der Waals surface area contributed by atoms with Crippen molar-refractivity contribution in [2.75, 3.05) is 11.1 Å². The molecule has 2 aromatic carbocycles. The van der Waals surface area contributed by atoms with Crippen LogP contribution in [0, 0.1) is 6.92 Å². The monoisotopic (exact) mass is 420 g/mol. The van der Waals surface area contributed by atoms with Gasteiger partial charge >= 0.3 is 0 Å². The average Bonchev–Trinajstić information content (AvgIpc) is 3.25. The Morgan fingerprint density at radius 2 is 2.07 bits per heavy atom. The molecule has 0 fully saturated rings. The van der Waals surface area contributed by atoms with Crippen molar-refractivity contribution in [2.24, 2.45) is 0 Å². The first-order valence-electron chi connectivity index (χ1n) is 14.1. The summed E-state index contributed by atoms with van der Waals surface area (Å²) in [7, 11) is 0. The summed E-state index contributed by atoms with van der Waals surface area (Å²) in [6.07, 6.45) is -14.1. The van der Waals surface area contributed by atoms with Crippen molar-refractivity contribution in [3.05, 3.63) is 76.2 Å². The van der Waals surface area contributed by atoms with Crippen molar-refractivity contribution < 1.29 is 25.0 Å². The summed E-state index contributed by atoms with van der Waals surface area (Å²) < 4.78 is 90.7. The zero-order valence-electron chi connectivity index (χ0n) is 26.6. The van der Waals surface area contributed by atoms with Crippen LogP contribution in [0.3, 0.4) is 0 Å². The van der Waals surface area contributed by atoms with Gasteiger partial charge in [0.05, 0.1) is 25.0 Å². The summed E-state index contributed by atoms with van der Waals surface area (Å²) in [5.41, 5.74) is 5.04. The Balaban J connectivity index is 1.84. The fraction of sp³-hybridized carbons (Fsp3) is 0.304. The molecule has 1 aromatic heterocycles. The maximum atomic E-state index is 12.3. The molecule has 0 aliphatic heterocycles. The fourth-order valence-corrected chi connectivity index (χ4v) is 2.83. The number of aryl methyl sites for hydroxylation is 1. The summed E-state index contributed by atoms with van der Waals surface area (Å²) in [6.45, 7) is 1.29. The second-order valence-electron chi connectivity index (χ2n) is 5.98. The zero-order valence-corrected chi connectivity index (χ0v) is 16.4. The molecular weight excluding hydrogens is 382 g/mol. The van der Waals surface area contributed by atoms with Crippen LogP contribution in [-0.2, 0) is 17.6 Å². The molecule has 0 saturated heterocycles. The Hall–Kier alpha value is -2.70. The first-order chi connectivity index (χ1) is 18.2. The molecule has 1 amide bonds. The minimum absolute atomic E-state index is 0.0472. The van der Waals surface area contributed by atoms with Crippen LogP contribution in [0.15, 0.2) is 53.8 Å². The van der Waals surface area contributed by atoms with Crippen LogP contribution in [-0.4, -0.2) is 16.0 Å². The summed E-state index contributed by atoms with van der Waals surface area (Å²) in [6, 6.07) is 2.22. The van der Waals surface area contributed by atoms with Crippen molar-refractivity contribution >= 4 is 28.1 Å². The van der Waals surface area contributed by atoms with E-state index < -0.39 is 67.3 Å². The molecule has 29 heavy (non-hydrogen) atoms. The summed E-state index contributed by atoms with van der Waals surface area (Å²) >= 11 is 1.19. The Labute approximate surface area is 191 Å². The molecule has 4 N–H and O–H groups in total. The highest BCUT2D eigenvalue weighted by Crippen LogP contribution is 2.21. The lowest BCUT2D eigenvalue weighted by Crippen LogP contribution is -2.14. The van der Waals surface area contributed by atoms with Crippen LogP contribution < -0.4 is 11.1 Å². The summed E-state index contributed by atoms with van der Waals surface area (Å²) in [5, 5.41) is 15.4. The number of benzene rings is 2. The maximum Gasteiger partial charge on any atom is 0.230 e. The van der Waals surface area contributed by atoms with Crippen LogP contribution in [0.2, 0.25) is 0 Å². The number of aromatic nitrogens is 1. The first kappa shape index (κ1) is 10.9. The predicted octanol–water partition coefficient (Wildman–Crippen LogP) is 4.66. The second-order valence-corrected chi connectivity index (χ2v) is 6.87. The highest BCUT2D eigenvalue weighted by atomic mass is 32.1. The Kier molecular flexibility index (Phi) is 3.83. The van der Waals surface area contributed by atoms with E-state index in [4.69, 9.17) is 20.8 Å². The number of carbonyl (C=O) groups is 1. The molecule has 3 rings (SSSR count). The van der Waals surface area contributed by atoms with Crippen LogP contribution in [0.5, 0.6) is 0 Å². The van der Waals surface area contributed by atoms with Gasteiger partial charge in [-0.15, -0.1) is 11.3 Å². The molecule has 0 bridgehead atoms. The highest BCUT2D eigenvalue weighted by Gasteiger charge is 2.08. The minimum Gasteiger partial charge on any atom is -0.388 e. The topological polar surface area (TPSA) is 88.2 Å². The molecule has 6 heteroatoms. The molecule has 152 valence electrons. The summed E-state index contributed by atoms with van der Waals surface area (Å²) in [5.74, 6) is -0.412. The average molecular weight is 421 g/mol. The van der Waals surface area contributed by atoms with Crippen LogP contribution in [0.4, 0.5) is 10.8 Å². The third kappa shape index (κ3) is 6.69. The number of anilines is 2. The Morgan fingerprint density at radius 1 is 1.34 bits per heavy atom. The van der Waals surface area contributed by atoms with Crippen molar-refractivity contribution in [2.45, 2.75) is 45.0 Å². The van der Waals surface area contributed by atoms with Gasteiger partial charge in [0.2, 0.25) is 5.91 Å². The Morgan fingerprint density at radius 3 is 2.72 bits per heavy atom. The standard InChI is InChI=1S/C23H27N3O2S/c1-16-6-10-18(11-7-16)21(27)5-3-2-4-17-8-12-19(13-9-17)25-22(28)14-20-15-29-23(24)26-20/h6-13,15,21,27H,2-5,14H2,1H3,(H2,24,26)(H,25,28)/t21-/m0/s1/i2D2,4D2,5D2,6D,7D,10D,11D,21D. The van der Waals surface area contributed by atoms with E-state index in [1.807, 2.05) is 0 Å². The van der Waals surface area contributed by atoms with Crippen molar-refractivity contribution in [3.8, 4) is 0 Å². The number of nitrogen functional groups attached to an aromatic ring is 1. The highest BCUT2D eigenvalue weighted by molar-refractivity contribution is 7.13. The third-order valence-electron chi connectivity index (χ3n) is 3.64. The van der Waals surface area contributed by atoms with Gasteiger partial charge in [-0.1, -0.05) is 48.3 Å². The normalized spacial score (nSPS) is 20.0. The van der Waals surface area contributed by atoms with E-state index in [1.165, 1.54) is 42.5 Å². The number of amides is 1. The number of rotatable bonds is 9. The van der Waals surface area contributed by atoms with Crippen LogP contribution in [0.1, 0.15) is 62.7 Å². The van der Waals surface area contributed by atoms with E-state index in [9.17, 15) is 9.90 Å². The molecule has 0 aliphatic carbocycles. The van der Waals surface area contributed by atoms with Crippen LogP contribution in [0.25, 0.3) is 0 Å². The van der Waals surface area contributed by atoms with Gasteiger partial charge < -0.3 is 16.2 Å².